The van der Waals surface area contributed by atoms with Gasteiger partial charge >= 0.3 is 5.00 Å². The lowest BCUT2D eigenvalue weighted by Gasteiger charge is -2.27. The normalized spacial score (nSPS) is 16.1. The maximum Gasteiger partial charge on any atom is 0.324 e. The third kappa shape index (κ3) is 3.87. The number of nitro groups is 1. The highest BCUT2D eigenvalue weighted by Crippen LogP contribution is 2.24. The molecular weight excluding hydrogens is 338 g/mol. The van der Waals surface area contributed by atoms with E-state index in [4.69, 9.17) is 0 Å². The summed E-state index contributed by atoms with van der Waals surface area (Å²) in [6, 6.07) is 9.55. The van der Waals surface area contributed by atoms with E-state index >= 15 is 0 Å². The molecule has 0 fully saturated rings. The van der Waals surface area contributed by atoms with Crippen molar-refractivity contribution in [2.45, 2.75) is 12.5 Å². The summed E-state index contributed by atoms with van der Waals surface area (Å²) >= 11 is 0.960. The number of nitrogens with one attached hydrogen (secondary N) is 2. The van der Waals surface area contributed by atoms with Gasteiger partial charge in [0.2, 0.25) is 0 Å². The van der Waals surface area contributed by atoms with Gasteiger partial charge < -0.3 is 10.6 Å². The van der Waals surface area contributed by atoms with Crippen LogP contribution >= 0.6 is 23.7 Å². The summed E-state index contributed by atoms with van der Waals surface area (Å²) in [4.78, 5) is 22.2. The fourth-order valence-electron chi connectivity index (χ4n) is 2.61. The van der Waals surface area contributed by atoms with E-state index < -0.39 is 4.92 Å². The first kappa shape index (κ1) is 17.4. The maximum atomic E-state index is 12.1. The van der Waals surface area contributed by atoms with Crippen LogP contribution in [0.2, 0.25) is 0 Å². The Labute approximate surface area is 143 Å². The molecule has 0 aliphatic carbocycles. The Morgan fingerprint density at radius 2 is 2.22 bits per heavy atom. The summed E-state index contributed by atoms with van der Waals surface area (Å²) in [5, 5.41) is 18.4. The number of nitrogens with zero attached hydrogens (tertiary/aromatic N) is 1. The predicted molar refractivity (Wildman–Crippen MR) is 91.4 cm³/mol. The number of amides is 1. The zero-order chi connectivity index (χ0) is 15.5. The Morgan fingerprint density at radius 3 is 2.96 bits per heavy atom. The van der Waals surface area contributed by atoms with Gasteiger partial charge in [-0.25, -0.2) is 0 Å². The number of carbonyl (C=O) groups excluding carboxylic acids is 1. The first-order valence-electron chi connectivity index (χ1n) is 6.97. The maximum absolute atomic E-state index is 12.1. The van der Waals surface area contributed by atoms with Gasteiger partial charge in [-0.2, -0.15) is 0 Å². The van der Waals surface area contributed by atoms with Gasteiger partial charge in [-0.05, 0) is 24.1 Å². The molecule has 1 unspecified atom stereocenters. The molecule has 8 heteroatoms. The van der Waals surface area contributed by atoms with Crippen molar-refractivity contribution in [3.63, 3.8) is 0 Å². The Kier molecular flexibility index (Phi) is 5.70. The smallest absolute Gasteiger partial charge is 0.324 e. The fourth-order valence-corrected chi connectivity index (χ4v) is 3.32. The molecule has 0 saturated carbocycles. The number of hydrogen-bond acceptors (Lipinski definition) is 5. The highest BCUT2D eigenvalue weighted by molar-refractivity contribution is 7.13. The number of carbonyl (C=O) groups is 1. The lowest BCUT2D eigenvalue weighted by Crippen LogP contribution is -2.38. The molecule has 0 spiro atoms. The van der Waals surface area contributed by atoms with Crippen LogP contribution in [0.4, 0.5) is 5.00 Å². The van der Waals surface area contributed by atoms with Crippen molar-refractivity contribution in [3.05, 3.63) is 62.5 Å². The molecule has 122 valence electrons. The highest BCUT2D eigenvalue weighted by atomic mass is 35.5. The number of halogens is 1. The van der Waals surface area contributed by atoms with Crippen molar-refractivity contribution in [1.29, 1.82) is 0 Å². The third-order valence-electron chi connectivity index (χ3n) is 3.71. The molecule has 2 heterocycles. The molecule has 1 amide bonds. The number of rotatable bonds is 4. The van der Waals surface area contributed by atoms with Gasteiger partial charge in [-0.3, -0.25) is 14.9 Å². The van der Waals surface area contributed by atoms with Crippen molar-refractivity contribution in [1.82, 2.24) is 10.6 Å². The molecule has 2 N–H and O–H groups in total. The molecule has 2 aromatic rings. The van der Waals surface area contributed by atoms with E-state index in [0.29, 0.717) is 12.1 Å². The molecule has 3 rings (SSSR count). The van der Waals surface area contributed by atoms with Crippen LogP contribution in [0.25, 0.3) is 0 Å². The monoisotopic (exact) mass is 353 g/mol. The van der Waals surface area contributed by atoms with Crippen LogP contribution in [-0.4, -0.2) is 23.9 Å². The van der Waals surface area contributed by atoms with Crippen LogP contribution in [-0.2, 0) is 6.42 Å². The van der Waals surface area contributed by atoms with Crippen LogP contribution in [0, 0.1) is 10.1 Å². The minimum atomic E-state index is -0.486. The molecule has 1 atom stereocenters. The van der Waals surface area contributed by atoms with E-state index in [1.54, 1.807) is 0 Å². The number of thiophene rings is 1. The molecule has 1 aromatic heterocycles. The van der Waals surface area contributed by atoms with E-state index in [2.05, 4.69) is 22.8 Å². The number of benzene rings is 1. The molecule has 0 saturated heterocycles. The van der Waals surface area contributed by atoms with E-state index in [-0.39, 0.29) is 29.4 Å². The predicted octanol–water partition coefficient (Wildman–Crippen LogP) is 2.69. The summed E-state index contributed by atoms with van der Waals surface area (Å²) < 4.78 is 0. The van der Waals surface area contributed by atoms with Crippen LogP contribution in [0.3, 0.4) is 0 Å². The number of fused-ring (bicyclic) bond motifs is 1. The van der Waals surface area contributed by atoms with Gasteiger partial charge in [0.15, 0.2) is 0 Å². The van der Waals surface area contributed by atoms with Gasteiger partial charge in [0.05, 0.1) is 10.5 Å². The summed E-state index contributed by atoms with van der Waals surface area (Å²) in [5.74, 6) is -0.283. The number of hydrogen-bond donors (Lipinski definition) is 2. The molecule has 0 bridgehead atoms. The van der Waals surface area contributed by atoms with Crippen LogP contribution in [0.5, 0.6) is 0 Å². The zero-order valence-corrected chi connectivity index (χ0v) is 13.8. The summed E-state index contributed by atoms with van der Waals surface area (Å²) in [5.41, 5.74) is 2.83. The van der Waals surface area contributed by atoms with Crippen molar-refractivity contribution in [2.75, 3.05) is 13.1 Å². The molecule has 1 aliphatic heterocycles. The fraction of sp³-hybridized carbons (Fsp3) is 0.267. The van der Waals surface area contributed by atoms with Crippen LogP contribution in [0.15, 0.2) is 35.7 Å². The Balaban J connectivity index is 0.00000192. The van der Waals surface area contributed by atoms with E-state index in [1.165, 1.54) is 22.6 Å². The van der Waals surface area contributed by atoms with Crippen molar-refractivity contribution in [2.24, 2.45) is 0 Å². The largest absolute Gasteiger partial charge is 0.350 e. The van der Waals surface area contributed by atoms with E-state index in [0.717, 1.165) is 24.3 Å². The Bertz CT molecular complexity index is 719. The Morgan fingerprint density at radius 1 is 1.43 bits per heavy atom. The summed E-state index contributed by atoms with van der Waals surface area (Å²) in [6.07, 6.45) is 0.983. The van der Waals surface area contributed by atoms with Crippen molar-refractivity contribution in [3.8, 4) is 0 Å². The van der Waals surface area contributed by atoms with E-state index in [9.17, 15) is 14.9 Å². The van der Waals surface area contributed by atoms with Crippen LogP contribution < -0.4 is 10.6 Å². The second-order valence-corrected chi connectivity index (χ2v) is 5.99. The first-order valence-corrected chi connectivity index (χ1v) is 7.85. The molecule has 1 aromatic carbocycles. The minimum Gasteiger partial charge on any atom is -0.350 e. The zero-order valence-electron chi connectivity index (χ0n) is 12.2. The average molecular weight is 354 g/mol. The molecular formula is C15H16ClN3O3S. The lowest BCUT2D eigenvalue weighted by molar-refractivity contribution is -0.380. The van der Waals surface area contributed by atoms with Crippen LogP contribution in [0.1, 0.15) is 27.5 Å². The molecule has 0 radical (unpaired) electrons. The van der Waals surface area contributed by atoms with Gasteiger partial charge in [-0.1, -0.05) is 35.6 Å². The molecule has 1 aliphatic rings. The topological polar surface area (TPSA) is 84.3 Å². The highest BCUT2D eigenvalue weighted by Gasteiger charge is 2.21. The van der Waals surface area contributed by atoms with Gasteiger partial charge in [0, 0.05) is 24.0 Å². The minimum absolute atomic E-state index is 0. The second kappa shape index (κ2) is 7.54. The SMILES string of the molecule is Cl.O=C(NCC1NCCc2ccccc21)c1csc([N+](=O)[O-])c1. The molecule has 23 heavy (non-hydrogen) atoms. The average Bonchev–Trinajstić information content (AvgIpc) is 3.03. The lowest BCUT2D eigenvalue weighted by atomic mass is 9.94. The quantitative estimate of drug-likeness (QED) is 0.653. The van der Waals surface area contributed by atoms with Crippen molar-refractivity contribution >= 4 is 34.7 Å². The summed E-state index contributed by atoms with van der Waals surface area (Å²) in [6.45, 7) is 1.33. The van der Waals surface area contributed by atoms with Crippen molar-refractivity contribution < 1.29 is 9.72 Å². The standard InChI is InChI=1S/C15H15N3O3S.ClH/c19-15(11-7-14(18(20)21)22-9-11)17-8-13-12-4-2-1-3-10(12)5-6-16-13;/h1-4,7,9,13,16H,5-6,8H2,(H,17,19);1H. The van der Waals surface area contributed by atoms with Gasteiger partial charge in [0.1, 0.15) is 0 Å². The third-order valence-corrected chi connectivity index (χ3v) is 4.59. The van der Waals surface area contributed by atoms with Gasteiger partial charge in [-0.15, -0.1) is 12.4 Å². The first-order chi connectivity index (χ1) is 10.6. The molecule has 6 nitrogen and oxygen atoms in total. The Hall–Kier alpha value is -1.96. The second-order valence-electron chi connectivity index (χ2n) is 5.10. The van der Waals surface area contributed by atoms with E-state index in [1.807, 2.05) is 12.1 Å². The van der Waals surface area contributed by atoms with Gasteiger partial charge in [0.25, 0.3) is 5.91 Å². The summed E-state index contributed by atoms with van der Waals surface area (Å²) in [7, 11) is 0.